The van der Waals surface area contributed by atoms with Crippen LogP contribution in [0.3, 0.4) is 0 Å². The van der Waals surface area contributed by atoms with Crippen molar-refractivity contribution in [3.8, 4) is 0 Å². The summed E-state index contributed by atoms with van der Waals surface area (Å²) < 4.78 is 13.0. The summed E-state index contributed by atoms with van der Waals surface area (Å²) in [6.07, 6.45) is 10.8. The lowest BCUT2D eigenvalue weighted by Gasteiger charge is -2.14. The van der Waals surface area contributed by atoms with Gasteiger partial charge in [0.2, 0.25) is 0 Å². The number of hydrogen-bond donors (Lipinski definition) is 0. The van der Waals surface area contributed by atoms with Crippen molar-refractivity contribution in [1.29, 1.82) is 0 Å². The van der Waals surface area contributed by atoms with E-state index in [9.17, 15) is 4.57 Å². The highest BCUT2D eigenvalue weighted by Crippen LogP contribution is 2.49. The molecular weight excluding hydrogens is 263 g/mol. The van der Waals surface area contributed by atoms with Crippen molar-refractivity contribution in [2.75, 3.05) is 12.3 Å². The molecule has 1 aromatic rings. The van der Waals surface area contributed by atoms with E-state index >= 15 is 0 Å². The molecule has 0 aliphatic heterocycles. The molecule has 0 bridgehead atoms. The lowest BCUT2D eigenvalue weighted by atomic mass is 10.2. The zero-order valence-electron chi connectivity index (χ0n) is 13.1. The maximum atomic E-state index is 13.0. The number of benzene rings is 1. The minimum atomic E-state index is -2.12. The second-order valence-electron chi connectivity index (χ2n) is 5.54. The summed E-state index contributed by atoms with van der Waals surface area (Å²) in [6, 6.07) is 10.2. The van der Waals surface area contributed by atoms with E-state index in [2.05, 4.69) is 32.1 Å². The highest BCUT2D eigenvalue weighted by molar-refractivity contribution is 7.67. The fourth-order valence-electron chi connectivity index (χ4n) is 2.31. The summed E-state index contributed by atoms with van der Waals surface area (Å²) in [6.45, 7) is 4.39. The van der Waals surface area contributed by atoms with Gasteiger partial charge in [-0.05, 0) is 24.2 Å². The van der Waals surface area contributed by atoms with Crippen LogP contribution in [0.5, 0.6) is 0 Å². The Kier molecular flexibility index (Phi) is 8.62. The van der Waals surface area contributed by atoms with Crippen LogP contribution in [-0.2, 0) is 4.57 Å². The molecule has 2 heteroatoms. The van der Waals surface area contributed by atoms with Gasteiger partial charge in [0.25, 0.3) is 0 Å². The number of rotatable bonds is 10. The predicted octanol–water partition coefficient (Wildman–Crippen LogP) is 6.40. The molecule has 0 aliphatic carbocycles. The zero-order chi connectivity index (χ0) is 14.7. The molecule has 0 atom stereocenters. The van der Waals surface area contributed by atoms with E-state index in [4.69, 9.17) is 0 Å². The standard InChI is InChI=1S/C18H29OP/c1-3-5-10-15-20(19,16-11-6-4-2)17-14-18-12-8-7-9-13-18/h7-9,12-14,17H,3-6,10-11,15-16H2,1-2H3/b17-14+. The first-order chi connectivity index (χ1) is 9.70. The first-order valence-corrected chi connectivity index (χ1v) is 10.2. The van der Waals surface area contributed by atoms with Crippen molar-refractivity contribution >= 4 is 13.2 Å². The van der Waals surface area contributed by atoms with Crippen LogP contribution in [0.2, 0.25) is 0 Å². The molecule has 1 nitrogen and oxygen atoms in total. The maximum absolute atomic E-state index is 13.0. The Hall–Kier alpha value is -0.810. The molecule has 1 aromatic carbocycles. The minimum Gasteiger partial charge on any atom is -0.319 e. The van der Waals surface area contributed by atoms with Crippen LogP contribution in [0.4, 0.5) is 0 Å². The second-order valence-corrected chi connectivity index (χ2v) is 8.64. The van der Waals surface area contributed by atoms with Gasteiger partial charge in [-0.1, -0.05) is 75.9 Å². The second kappa shape index (κ2) is 10.00. The Morgan fingerprint density at radius 1 is 0.900 bits per heavy atom. The first kappa shape index (κ1) is 17.2. The molecule has 0 spiro atoms. The molecule has 0 heterocycles. The largest absolute Gasteiger partial charge is 0.319 e. The van der Waals surface area contributed by atoms with E-state index < -0.39 is 7.14 Å². The molecule has 20 heavy (non-hydrogen) atoms. The summed E-state index contributed by atoms with van der Waals surface area (Å²) in [7, 11) is -2.12. The quantitative estimate of drug-likeness (QED) is 0.360. The molecule has 0 radical (unpaired) electrons. The Morgan fingerprint density at radius 3 is 1.95 bits per heavy atom. The van der Waals surface area contributed by atoms with E-state index in [0.717, 1.165) is 30.7 Å². The van der Waals surface area contributed by atoms with Crippen LogP contribution in [0.1, 0.15) is 57.9 Å². The van der Waals surface area contributed by atoms with Crippen LogP contribution in [0, 0.1) is 0 Å². The molecule has 0 aromatic heterocycles. The van der Waals surface area contributed by atoms with Gasteiger partial charge < -0.3 is 4.57 Å². The van der Waals surface area contributed by atoms with Gasteiger partial charge in [0, 0.05) is 12.3 Å². The van der Waals surface area contributed by atoms with E-state index in [-0.39, 0.29) is 0 Å². The van der Waals surface area contributed by atoms with E-state index in [1.54, 1.807) is 0 Å². The zero-order valence-corrected chi connectivity index (χ0v) is 13.9. The van der Waals surface area contributed by atoms with Crippen molar-refractivity contribution in [2.45, 2.75) is 52.4 Å². The lowest BCUT2D eigenvalue weighted by Crippen LogP contribution is -1.94. The molecule has 0 amide bonds. The number of unbranched alkanes of at least 4 members (excludes halogenated alkanes) is 4. The fourth-order valence-corrected chi connectivity index (χ4v) is 4.79. The van der Waals surface area contributed by atoms with Gasteiger partial charge in [-0.3, -0.25) is 0 Å². The molecule has 0 N–H and O–H groups in total. The van der Waals surface area contributed by atoms with Crippen LogP contribution in [0.25, 0.3) is 6.08 Å². The number of hydrogen-bond acceptors (Lipinski definition) is 1. The average molecular weight is 292 g/mol. The van der Waals surface area contributed by atoms with Crippen molar-refractivity contribution in [2.24, 2.45) is 0 Å². The van der Waals surface area contributed by atoms with Gasteiger partial charge >= 0.3 is 0 Å². The van der Waals surface area contributed by atoms with Gasteiger partial charge in [0.1, 0.15) is 7.14 Å². The van der Waals surface area contributed by atoms with E-state index in [1.807, 2.05) is 24.0 Å². The Balaban J connectivity index is 2.65. The highest BCUT2D eigenvalue weighted by Gasteiger charge is 2.17. The lowest BCUT2D eigenvalue weighted by molar-refractivity contribution is 0.574. The average Bonchev–Trinajstić information content (AvgIpc) is 2.47. The van der Waals surface area contributed by atoms with Crippen molar-refractivity contribution in [1.82, 2.24) is 0 Å². The molecule has 112 valence electrons. The van der Waals surface area contributed by atoms with Crippen molar-refractivity contribution in [3.63, 3.8) is 0 Å². The van der Waals surface area contributed by atoms with Crippen LogP contribution in [-0.4, -0.2) is 12.3 Å². The molecular formula is C18H29OP. The summed E-state index contributed by atoms with van der Waals surface area (Å²) in [5.41, 5.74) is 1.15. The molecule has 0 unspecified atom stereocenters. The van der Waals surface area contributed by atoms with Gasteiger partial charge in [-0.25, -0.2) is 0 Å². The SMILES string of the molecule is CCCCCP(=O)(/C=C/c1ccccc1)CCCCC. The van der Waals surface area contributed by atoms with Crippen LogP contribution in [0.15, 0.2) is 36.1 Å². The van der Waals surface area contributed by atoms with Gasteiger partial charge in [-0.2, -0.15) is 0 Å². The molecule has 0 saturated carbocycles. The fraction of sp³-hybridized carbons (Fsp3) is 0.556. The Labute approximate surface area is 124 Å². The topological polar surface area (TPSA) is 17.1 Å². The third-order valence-corrected chi connectivity index (χ3v) is 6.46. The highest BCUT2D eigenvalue weighted by atomic mass is 31.2. The first-order valence-electron chi connectivity index (χ1n) is 8.02. The summed E-state index contributed by atoms with van der Waals surface area (Å²) in [5.74, 6) is 2.02. The van der Waals surface area contributed by atoms with Crippen LogP contribution >= 0.6 is 7.14 Å². The Bertz CT molecular complexity index is 408. The Morgan fingerprint density at radius 2 is 1.45 bits per heavy atom. The van der Waals surface area contributed by atoms with Crippen LogP contribution < -0.4 is 0 Å². The summed E-state index contributed by atoms with van der Waals surface area (Å²) >= 11 is 0. The third-order valence-electron chi connectivity index (χ3n) is 3.62. The van der Waals surface area contributed by atoms with Crippen molar-refractivity contribution < 1.29 is 4.57 Å². The smallest absolute Gasteiger partial charge is 0.108 e. The van der Waals surface area contributed by atoms with Gasteiger partial charge in [0.15, 0.2) is 0 Å². The summed E-state index contributed by atoms with van der Waals surface area (Å²) in [4.78, 5) is 0. The predicted molar refractivity (Wildman–Crippen MR) is 91.9 cm³/mol. The monoisotopic (exact) mass is 292 g/mol. The van der Waals surface area contributed by atoms with Crippen molar-refractivity contribution in [3.05, 3.63) is 41.7 Å². The van der Waals surface area contributed by atoms with E-state index in [0.29, 0.717) is 0 Å². The molecule has 0 aliphatic rings. The molecule has 0 fully saturated rings. The maximum Gasteiger partial charge on any atom is 0.108 e. The molecule has 0 saturated heterocycles. The van der Waals surface area contributed by atoms with Gasteiger partial charge in [-0.15, -0.1) is 0 Å². The van der Waals surface area contributed by atoms with E-state index in [1.165, 1.54) is 25.7 Å². The third kappa shape index (κ3) is 7.10. The molecule has 1 rings (SSSR count). The van der Waals surface area contributed by atoms with Gasteiger partial charge in [0.05, 0.1) is 0 Å². The minimum absolute atomic E-state index is 0.883. The normalized spacial score (nSPS) is 12.1. The summed E-state index contributed by atoms with van der Waals surface area (Å²) in [5, 5.41) is 0.